The van der Waals surface area contributed by atoms with Crippen molar-refractivity contribution in [2.24, 2.45) is 7.05 Å². The summed E-state index contributed by atoms with van der Waals surface area (Å²) in [5.74, 6) is -0.144. The smallest absolute Gasteiger partial charge is 0.412 e. The van der Waals surface area contributed by atoms with E-state index in [9.17, 15) is 9.59 Å². The Morgan fingerprint density at radius 2 is 1.80 bits per heavy atom. The zero-order valence-corrected chi connectivity index (χ0v) is 15.5. The number of aromatic nitrogens is 3. The molecule has 0 aliphatic carbocycles. The summed E-state index contributed by atoms with van der Waals surface area (Å²) < 4.78 is 6.98. The van der Waals surface area contributed by atoms with Crippen LogP contribution in [0.4, 0.5) is 10.5 Å². The minimum Gasteiger partial charge on any atom is -0.444 e. The lowest BCUT2D eigenvalue weighted by molar-refractivity contribution is 0.0635. The van der Waals surface area contributed by atoms with Gasteiger partial charge in [0.2, 0.25) is 0 Å². The lowest BCUT2D eigenvalue weighted by atomic mass is 9.83. The van der Waals surface area contributed by atoms with Crippen LogP contribution < -0.4 is 5.32 Å². The number of nitrogens with one attached hydrogen (secondary N) is 1. The quantitative estimate of drug-likeness (QED) is 0.860. The molecule has 7 nitrogen and oxygen atoms in total. The van der Waals surface area contributed by atoms with Gasteiger partial charge in [0.1, 0.15) is 11.3 Å². The Labute approximate surface area is 147 Å². The SMILES string of the molecule is Cn1cnc(C(C)(C)C(=O)c2ccc(NC(=O)OC(C)(C)C)cn2)c1. The number of hydrogen-bond donors (Lipinski definition) is 1. The molecule has 0 radical (unpaired) electrons. The van der Waals surface area contributed by atoms with Gasteiger partial charge in [0.05, 0.1) is 29.3 Å². The highest BCUT2D eigenvalue weighted by atomic mass is 16.6. The molecule has 0 aliphatic heterocycles. The third-order valence-corrected chi connectivity index (χ3v) is 3.55. The summed E-state index contributed by atoms with van der Waals surface area (Å²) in [6.07, 6.45) is 4.34. The van der Waals surface area contributed by atoms with Gasteiger partial charge < -0.3 is 9.30 Å². The van der Waals surface area contributed by atoms with E-state index in [-0.39, 0.29) is 5.78 Å². The van der Waals surface area contributed by atoms with Crippen molar-refractivity contribution in [1.29, 1.82) is 0 Å². The first-order chi connectivity index (χ1) is 11.5. The summed E-state index contributed by atoms with van der Waals surface area (Å²) in [7, 11) is 1.85. The normalized spacial score (nSPS) is 11.9. The number of hydrogen-bond acceptors (Lipinski definition) is 5. The maximum atomic E-state index is 12.8. The third-order valence-electron chi connectivity index (χ3n) is 3.55. The van der Waals surface area contributed by atoms with Crippen molar-refractivity contribution in [1.82, 2.24) is 14.5 Å². The Morgan fingerprint density at radius 3 is 2.28 bits per heavy atom. The van der Waals surface area contributed by atoms with Crippen LogP contribution in [0.1, 0.15) is 50.8 Å². The topological polar surface area (TPSA) is 86.1 Å². The number of Topliss-reactive ketones (excluding diaryl/α,β-unsaturated/α-hetero) is 1. The van der Waals surface area contributed by atoms with Crippen LogP contribution in [-0.2, 0) is 17.2 Å². The Morgan fingerprint density at radius 1 is 1.12 bits per heavy atom. The Hall–Kier alpha value is -2.70. The number of aryl methyl sites for hydroxylation is 1. The lowest BCUT2D eigenvalue weighted by Gasteiger charge is -2.21. The van der Waals surface area contributed by atoms with Crippen LogP contribution in [0, 0.1) is 0 Å². The monoisotopic (exact) mass is 344 g/mol. The fourth-order valence-electron chi connectivity index (χ4n) is 2.20. The summed E-state index contributed by atoms with van der Waals surface area (Å²) in [4.78, 5) is 33.0. The van der Waals surface area contributed by atoms with Crippen molar-refractivity contribution >= 4 is 17.6 Å². The van der Waals surface area contributed by atoms with E-state index in [0.29, 0.717) is 17.1 Å². The molecule has 1 N–H and O–H groups in total. The van der Waals surface area contributed by atoms with E-state index in [1.807, 2.05) is 27.1 Å². The second kappa shape index (κ2) is 6.66. The van der Waals surface area contributed by atoms with E-state index in [2.05, 4.69) is 15.3 Å². The van der Waals surface area contributed by atoms with Crippen LogP contribution in [0.5, 0.6) is 0 Å². The summed E-state index contributed by atoms with van der Waals surface area (Å²) in [6, 6.07) is 3.21. The van der Waals surface area contributed by atoms with Gasteiger partial charge in [-0.2, -0.15) is 0 Å². The molecule has 0 atom stereocenters. The molecular weight excluding hydrogens is 320 g/mol. The van der Waals surface area contributed by atoms with Crippen LogP contribution >= 0.6 is 0 Å². The second-order valence-corrected chi connectivity index (χ2v) is 7.44. The zero-order valence-electron chi connectivity index (χ0n) is 15.5. The number of imidazole rings is 1. The molecule has 0 fully saturated rings. The standard InChI is InChI=1S/C18H24N4O3/c1-17(2,3)25-16(24)21-12-7-8-13(19-9-12)15(23)18(4,5)14-10-22(6)11-20-14/h7-11H,1-6H3,(H,21,24). The Bertz CT molecular complexity index is 770. The number of ether oxygens (including phenoxy) is 1. The molecule has 2 aromatic heterocycles. The molecule has 0 saturated heterocycles. The van der Waals surface area contributed by atoms with Crippen molar-refractivity contribution < 1.29 is 14.3 Å². The second-order valence-electron chi connectivity index (χ2n) is 7.44. The van der Waals surface area contributed by atoms with Crippen LogP contribution in [0.25, 0.3) is 0 Å². The van der Waals surface area contributed by atoms with E-state index in [0.717, 1.165) is 0 Å². The number of amides is 1. The molecule has 0 saturated carbocycles. The summed E-state index contributed by atoms with van der Waals surface area (Å²) >= 11 is 0. The zero-order chi connectivity index (χ0) is 18.8. The average molecular weight is 344 g/mol. The van der Waals surface area contributed by atoms with Crippen LogP contribution in [0.15, 0.2) is 30.9 Å². The van der Waals surface area contributed by atoms with E-state index < -0.39 is 17.1 Å². The molecule has 0 bridgehead atoms. The van der Waals surface area contributed by atoms with Crippen LogP contribution in [-0.4, -0.2) is 32.0 Å². The first-order valence-electron chi connectivity index (χ1n) is 7.98. The largest absolute Gasteiger partial charge is 0.444 e. The van der Waals surface area contributed by atoms with Gasteiger partial charge in [0.25, 0.3) is 0 Å². The van der Waals surface area contributed by atoms with E-state index in [1.165, 1.54) is 6.20 Å². The molecule has 2 aromatic rings. The maximum Gasteiger partial charge on any atom is 0.412 e. The van der Waals surface area contributed by atoms with Crippen molar-refractivity contribution in [3.8, 4) is 0 Å². The minimum absolute atomic E-state index is 0.144. The van der Waals surface area contributed by atoms with Gasteiger partial charge in [-0.15, -0.1) is 0 Å². The molecule has 0 aromatic carbocycles. The highest BCUT2D eigenvalue weighted by molar-refractivity contribution is 6.02. The van der Waals surface area contributed by atoms with Gasteiger partial charge in [-0.25, -0.2) is 9.78 Å². The van der Waals surface area contributed by atoms with E-state index in [4.69, 9.17) is 4.74 Å². The molecule has 2 rings (SSSR count). The highest BCUT2D eigenvalue weighted by Crippen LogP contribution is 2.26. The molecule has 2 heterocycles. The lowest BCUT2D eigenvalue weighted by Crippen LogP contribution is -2.30. The van der Waals surface area contributed by atoms with Crippen LogP contribution in [0.2, 0.25) is 0 Å². The summed E-state index contributed by atoms with van der Waals surface area (Å²) in [5, 5.41) is 2.59. The first kappa shape index (κ1) is 18.6. The number of nitrogens with zero attached hydrogens (tertiary/aromatic N) is 3. The maximum absolute atomic E-state index is 12.8. The molecule has 0 unspecified atom stereocenters. The number of carbonyl (C=O) groups is 2. The fourth-order valence-corrected chi connectivity index (χ4v) is 2.20. The van der Waals surface area contributed by atoms with Crippen molar-refractivity contribution in [2.75, 3.05) is 5.32 Å². The van der Waals surface area contributed by atoms with Crippen molar-refractivity contribution in [3.63, 3.8) is 0 Å². The van der Waals surface area contributed by atoms with Crippen LogP contribution in [0.3, 0.4) is 0 Å². The number of pyridine rings is 1. The molecule has 0 spiro atoms. The van der Waals surface area contributed by atoms with Gasteiger partial charge in [0.15, 0.2) is 5.78 Å². The summed E-state index contributed by atoms with van der Waals surface area (Å²) in [5.41, 5.74) is 0.0682. The molecule has 134 valence electrons. The number of ketones is 1. The van der Waals surface area contributed by atoms with E-state index in [1.54, 1.807) is 43.8 Å². The van der Waals surface area contributed by atoms with Gasteiger partial charge in [-0.3, -0.25) is 15.1 Å². The van der Waals surface area contributed by atoms with Gasteiger partial charge in [-0.05, 0) is 46.8 Å². The predicted molar refractivity (Wildman–Crippen MR) is 94.7 cm³/mol. The molecule has 7 heteroatoms. The number of rotatable bonds is 4. The van der Waals surface area contributed by atoms with Crippen molar-refractivity contribution in [3.05, 3.63) is 42.2 Å². The fraction of sp³-hybridized carbons (Fsp3) is 0.444. The van der Waals surface area contributed by atoms with Crippen molar-refractivity contribution in [2.45, 2.75) is 45.6 Å². The Kier molecular flexibility index (Phi) is 4.97. The third kappa shape index (κ3) is 4.65. The molecule has 0 aliphatic rings. The Balaban J connectivity index is 2.11. The minimum atomic E-state index is -0.797. The van der Waals surface area contributed by atoms with Gasteiger partial charge in [-0.1, -0.05) is 0 Å². The summed E-state index contributed by atoms with van der Waals surface area (Å²) in [6.45, 7) is 8.98. The molecule has 1 amide bonds. The number of anilines is 1. The predicted octanol–water partition coefficient (Wildman–Crippen LogP) is 3.32. The highest BCUT2D eigenvalue weighted by Gasteiger charge is 2.33. The molecular formula is C18H24N4O3. The molecule has 25 heavy (non-hydrogen) atoms. The first-order valence-corrected chi connectivity index (χ1v) is 7.98. The van der Waals surface area contributed by atoms with Gasteiger partial charge >= 0.3 is 6.09 Å². The van der Waals surface area contributed by atoms with E-state index >= 15 is 0 Å². The average Bonchev–Trinajstić information content (AvgIpc) is 2.92. The number of carbonyl (C=O) groups excluding carboxylic acids is 2. The van der Waals surface area contributed by atoms with Gasteiger partial charge in [0, 0.05) is 13.2 Å².